The van der Waals surface area contributed by atoms with Gasteiger partial charge in [0.15, 0.2) is 0 Å². The fourth-order valence-corrected chi connectivity index (χ4v) is 2.57. The van der Waals surface area contributed by atoms with Crippen molar-refractivity contribution in [1.29, 1.82) is 5.26 Å². The van der Waals surface area contributed by atoms with Gasteiger partial charge in [-0.1, -0.05) is 6.07 Å². The molecule has 140 valence electrons. The molecule has 8 nitrogen and oxygen atoms in total. The maximum absolute atomic E-state index is 12.3. The number of ether oxygens (including phenoxy) is 2. The summed E-state index contributed by atoms with van der Waals surface area (Å²) in [6, 6.07) is 15.3. The number of carbonyl (C=O) groups excluding carboxylic acids is 1. The highest BCUT2D eigenvalue weighted by Crippen LogP contribution is 2.24. The Morgan fingerprint density at radius 1 is 1.18 bits per heavy atom. The van der Waals surface area contributed by atoms with Gasteiger partial charge in [-0.3, -0.25) is 9.78 Å². The third-order valence-corrected chi connectivity index (χ3v) is 3.94. The molecular weight excluding hydrogens is 360 g/mol. The van der Waals surface area contributed by atoms with Crippen molar-refractivity contribution in [3.05, 3.63) is 70.0 Å². The minimum Gasteiger partial charge on any atom is -0.497 e. The number of aromatic amines is 1. The number of anilines is 2. The second-order valence-corrected chi connectivity index (χ2v) is 5.68. The van der Waals surface area contributed by atoms with E-state index in [0.717, 1.165) is 0 Å². The molecule has 8 heteroatoms. The molecule has 1 heterocycles. The van der Waals surface area contributed by atoms with E-state index in [0.29, 0.717) is 22.6 Å². The summed E-state index contributed by atoms with van der Waals surface area (Å²) in [7, 11) is 2.84. The van der Waals surface area contributed by atoms with Crippen LogP contribution in [0.15, 0.2) is 53.3 Å². The second-order valence-electron chi connectivity index (χ2n) is 5.68. The number of methoxy groups -OCH3 is 2. The summed E-state index contributed by atoms with van der Waals surface area (Å²) in [6.07, 6.45) is 0. The molecule has 0 aliphatic heterocycles. The van der Waals surface area contributed by atoms with Gasteiger partial charge in [-0.2, -0.15) is 5.26 Å². The van der Waals surface area contributed by atoms with Crippen LogP contribution in [0.2, 0.25) is 0 Å². The molecular formula is C20H16N4O4. The molecule has 0 unspecified atom stereocenters. The maximum atomic E-state index is 12.3. The lowest BCUT2D eigenvalue weighted by atomic mass is 10.1. The number of rotatable bonds is 5. The van der Waals surface area contributed by atoms with E-state index in [-0.39, 0.29) is 17.2 Å². The lowest BCUT2D eigenvalue weighted by Crippen LogP contribution is -2.16. The smallest absolute Gasteiger partial charge is 0.337 e. The third-order valence-electron chi connectivity index (χ3n) is 3.94. The first-order valence-corrected chi connectivity index (χ1v) is 8.20. The summed E-state index contributed by atoms with van der Waals surface area (Å²) in [5.74, 6) is 0.297. The number of aromatic nitrogens is 2. The van der Waals surface area contributed by atoms with Crippen LogP contribution < -0.4 is 15.6 Å². The van der Waals surface area contributed by atoms with Gasteiger partial charge < -0.3 is 14.8 Å². The first-order chi connectivity index (χ1) is 13.5. The minimum absolute atomic E-state index is 0.0981. The van der Waals surface area contributed by atoms with Gasteiger partial charge in [0.25, 0.3) is 5.56 Å². The summed E-state index contributed by atoms with van der Waals surface area (Å²) < 4.78 is 9.82. The first kappa shape index (κ1) is 18.7. The molecule has 0 aliphatic rings. The highest BCUT2D eigenvalue weighted by molar-refractivity contribution is 5.90. The highest BCUT2D eigenvalue weighted by atomic mass is 16.5. The summed E-state index contributed by atoms with van der Waals surface area (Å²) >= 11 is 0. The van der Waals surface area contributed by atoms with Crippen LogP contribution in [0.4, 0.5) is 11.6 Å². The number of carbonyl (C=O) groups is 1. The molecule has 0 spiro atoms. The third kappa shape index (κ3) is 3.83. The van der Waals surface area contributed by atoms with Crippen LogP contribution in [0.3, 0.4) is 0 Å². The van der Waals surface area contributed by atoms with Crippen molar-refractivity contribution in [2.45, 2.75) is 0 Å². The molecule has 1 aromatic heterocycles. The Labute approximate surface area is 160 Å². The molecule has 0 radical (unpaired) electrons. The standard InChI is InChI=1S/C20H16N4O4/c1-27-15-8-6-12(7-9-15)17-16(11-21)18(25)24-20(23-17)22-14-5-3-4-13(10-14)19(26)28-2/h3-10H,1-2H3,(H2,22,23,24,25). The Hall–Kier alpha value is -4.12. The van der Waals surface area contributed by atoms with Crippen LogP contribution in [-0.2, 0) is 4.74 Å². The summed E-state index contributed by atoms with van der Waals surface area (Å²) in [6.45, 7) is 0. The summed E-state index contributed by atoms with van der Waals surface area (Å²) in [5.41, 5.74) is 1.03. The van der Waals surface area contributed by atoms with Gasteiger partial charge in [-0.05, 0) is 42.5 Å². The van der Waals surface area contributed by atoms with E-state index in [1.807, 2.05) is 6.07 Å². The van der Waals surface area contributed by atoms with Crippen LogP contribution in [0.5, 0.6) is 5.75 Å². The van der Waals surface area contributed by atoms with E-state index >= 15 is 0 Å². The van der Waals surface area contributed by atoms with Crippen molar-refractivity contribution >= 4 is 17.6 Å². The number of benzene rings is 2. The summed E-state index contributed by atoms with van der Waals surface area (Å²) in [5, 5.41) is 12.3. The zero-order chi connectivity index (χ0) is 20.1. The lowest BCUT2D eigenvalue weighted by Gasteiger charge is -2.10. The van der Waals surface area contributed by atoms with Gasteiger partial charge >= 0.3 is 5.97 Å². The predicted molar refractivity (Wildman–Crippen MR) is 103 cm³/mol. The number of esters is 1. The normalized spacial score (nSPS) is 10.0. The maximum Gasteiger partial charge on any atom is 0.337 e. The number of H-pyrrole nitrogens is 1. The van der Waals surface area contributed by atoms with Crippen LogP contribution >= 0.6 is 0 Å². The number of hydrogen-bond donors (Lipinski definition) is 2. The van der Waals surface area contributed by atoms with Crippen molar-refractivity contribution in [3.63, 3.8) is 0 Å². The molecule has 0 bridgehead atoms. The van der Waals surface area contributed by atoms with Crippen molar-refractivity contribution < 1.29 is 14.3 Å². The Morgan fingerprint density at radius 3 is 2.57 bits per heavy atom. The Balaban J connectivity index is 2.01. The summed E-state index contributed by atoms with van der Waals surface area (Å²) in [4.78, 5) is 30.9. The molecule has 0 amide bonds. The van der Waals surface area contributed by atoms with E-state index in [1.54, 1.807) is 55.6 Å². The fraction of sp³-hybridized carbons (Fsp3) is 0.100. The zero-order valence-electron chi connectivity index (χ0n) is 15.1. The van der Waals surface area contributed by atoms with Crippen LogP contribution in [0.25, 0.3) is 11.3 Å². The molecule has 3 rings (SSSR count). The van der Waals surface area contributed by atoms with Crippen LogP contribution in [0, 0.1) is 11.3 Å². The largest absolute Gasteiger partial charge is 0.497 e. The molecule has 0 saturated carbocycles. The number of nitrogens with zero attached hydrogens (tertiary/aromatic N) is 2. The predicted octanol–water partition coefficient (Wildman–Crippen LogP) is 2.85. The van der Waals surface area contributed by atoms with Gasteiger partial charge in [0.05, 0.1) is 25.5 Å². The number of nitriles is 1. The van der Waals surface area contributed by atoms with E-state index < -0.39 is 11.5 Å². The minimum atomic E-state index is -0.574. The second kappa shape index (κ2) is 8.05. The van der Waals surface area contributed by atoms with E-state index in [4.69, 9.17) is 9.47 Å². The Bertz CT molecular complexity index is 1110. The molecule has 28 heavy (non-hydrogen) atoms. The van der Waals surface area contributed by atoms with E-state index in [1.165, 1.54) is 7.11 Å². The highest BCUT2D eigenvalue weighted by Gasteiger charge is 2.14. The molecule has 2 N–H and O–H groups in total. The van der Waals surface area contributed by atoms with Crippen molar-refractivity contribution in [1.82, 2.24) is 9.97 Å². The molecule has 0 atom stereocenters. The molecule has 0 fully saturated rings. The SMILES string of the molecule is COC(=O)c1cccc(Nc2nc(-c3ccc(OC)cc3)c(C#N)c(=O)[nH]2)c1. The van der Waals surface area contributed by atoms with Crippen molar-refractivity contribution in [2.24, 2.45) is 0 Å². The van der Waals surface area contributed by atoms with E-state index in [2.05, 4.69) is 15.3 Å². The monoisotopic (exact) mass is 376 g/mol. The van der Waals surface area contributed by atoms with Gasteiger partial charge in [0.2, 0.25) is 5.95 Å². The number of nitrogens with one attached hydrogen (secondary N) is 2. The van der Waals surface area contributed by atoms with Gasteiger partial charge in [0, 0.05) is 11.3 Å². The van der Waals surface area contributed by atoms with Gasteiger partial charge in [-0.15, -0.1) is 0 Å². The molecule has 0 saturated heterocycles. The first-order valence-electron chi connectivity index (χ1n) is 8.20. The number of hydrogen-bond acceptors (Lipinski definition) is 7. The lowest BCUT2D eigenvalue weighted by molar-refractivity contribution is 0.0601. The van der Waals surface area contributed by atoms with Crippen LogP contribution in [0.1, 0.15) is 15.9 Å². The average Bonchev–Trinajstić information content (AvgIpc) is 2.73. The quantitative estimate of drug-likeness (QED) is 0.658. The Morgan fingerprint density at radius 2 is 1.93 bits per heavy atom. The Kier molecular flexibility index (Phi) is 5.37. The topological polar surface area (TPSA) is 117 Å². The molecule has 3 aromatic rings. The fourth-order valence-electron chi connectivity index (χ4n) is 2.57. The van der Waals surface area contributed by atoms with Gasteiger partial charge in [0.1, 0.15) is 17.4 Å². The van der Waals surface area contributed by atoms with Gasteiger partial charge in [-0.25, -0.2) is 9.78 Å². The zero-order valence-corrected chi connectivity index (χ0v) is 15.1. The average molecular weight is 376 g/mol. The van der Waals surface area contributed by atoms with Crippen molar-refractivity contribution in [2.75, 3.05) is 19.5 Å². The molecule has 2 aromatic carbocycles. The molecule has 0 aliphatic carbocycles. The van der Waals surface area contributed by atoms with Crippen LogP contribution in [-0.4, -0.2) is 30.2 Å². The van der Waals surface area contributed by atoms with E-state index in [9.17, 15) is 14.9 Å². The van der Waals surface area contributed by atoms with Crippen molar-refractivity contribution in [3.8, 4) is 23.1 Å².